The standard InChI is InChI=1S/C21H36FN5.HI/c1-4-23-21(25-11-9-19-7-8-20(22)17-18(19)2)24-10-5-6-12-27-15-13-26(3)14-16-27;/h7-8,17H,4-6,9-16H2,1-3H3,(H2,23,24,25);1H. The van der Waals surface area contributed by atoms with Gasteiger partial charge in [0.15, 0.2) is 5.96 Å². The van der Waals surface area contributed by atoms with Crippen molar-refractivity contribution in [1.29, 1.82) is 0 Å². The first-order valence-electron chi connectivity index (χ1n) is 10.3. The van der Waals surface area contributed by atoms with Gasteiger partial charge in [-0.2, -0.15) is 0 Å². The topological polar surface area (TPSA) is 42.9 Å². The molecule has 0 aromatic heterocycles. The Labute approximate surface area is 187 Å². The first-order chi connectivity index (χ1) is 13.1. The molecule has 0 spiro atoms. The first kappa shape index (κ1) is 25.1. The number of benzene rings is 1. The molecule has 1 saturated heterocycles. The summed E-state index contributed by atoms with van der Waals surface area (Å²) in [5.74, 6) is 0.701. The van der Waals surface area contributed by atoms with Crippen LogP contribution in [0.15, 0.2) is 23.2 Å². The maximum absolute atomic E-state index is 13.2. The zero-order valence-corrected chi connectivity index (χ0v) is 20.0. The summed E-state index contributed by atoms with van der Waals surface area (Å²) in [5, 5.41) is 6.69. The molecule has 0 bridgehead atoms. The predicted octanol–water partition coefficient (Wildman–Crippen LogP) is 2.88. The Kier molecular flexibility index (Phi) is 12.7. The molecule has 160 valence electrons. The third kappa shape index (κ3) is 9.52. The van der Waals surface area contributed by atoms with Crippen molar-refractivity contribution in [2.45, 2.75) is 33.1 Å². The molecule has 28 heavy (non-hydrogen) atoms. The minimum atomic E-state index is -0.171. The number of hydrogen-bond donors (Lipinski definition) is 2. The van der Waals surface area contributed by atoms with Gasteiger partial charge in [-0.15, -0.1) is 24.0 Å². The van der Waals surface area contributed by atoms with Crippen LogP contribution >= 0.6 is 24.0 Å². The second-order valence-electron chi connectivity index (χ2n) is 7.36. The average molecular weight is 505 g/mol. The number of aliphatic imine (C=N–C) groups is 1. The summed E-state index contributed by atoms with van der Waals surface area (Å²) >= 11 is 0. The molecule has 0 aliphatic carbocycles. The lowest BCUT2D eigenvalue weighted by Crippen LogP contribution is -2.44. The average Bonchev–Trinajstić information content (AvgIpc) is 2.64. The highest BCUT2D eigenvalue weighted by atomic mass is 127. The number of hydrogen-bond acceptors (Lipinski definition) is 3. The smallest absolute Gasteiger partial charge is 0.191 e. The van der Waals surface area contributed by atoms with Crippen molar-refractivity contribution in [3.05, 3.63) is 35.1 Å². The van der Waals surface area contributed by atoms with Crippen molar-refractivity contribution < 1.29 is 4.39 Å². The third-order valence-electron chi connectivity index (χ3n) is 5.08. The molecule has 1 heterocycles. The van der Waals surface area contributed by atoms with Gasteiger partial charge in [-0.1, -0.05) is 6.07 Å². The normalized spacial score (nSPS) is 15.9. The summed E-state index contributed by atoms with van der Waals surface area (Å²) in [5.41, 5.74) is 2.18. The SMILES string of the molecule is CCNC(=NCCCCN1CCN(C)CC1)NCCc1ccc(F)cc1C.I. The zero-order valence-electron chi connectivity index (χ0n) is 17.6. The van der Waals surface area contributed by atoms with E-state index >= 15 is 0 Å². The van der Waals surface area contributed by atoms with Gasteiger partial charge >= 0.3 is 0 Å². The Bertz CT molecular complexity index is 588. The quantitative estimate of drug-likeness (QED) is 0.235. The summed E-state index contributed by atoms with van der Waals surface area (Å²) in [6.45, 7) is 12.4. The molecule has 1 aromatic rings. The van der Waals surface area contributed by atoms with Gasteiger partial charge in [0.25, 0.3) is 0 Å². The molecule has 1 aliphatic heterocycles. The summed E-state index contributed by atoms with van der Waals surface area (Å²) in [6.07, 6.45) is 3.17. The molecule has 2 rings (SSSR count). The third-order valence-corrected chi connectivity index (χ3v) is 5.08. The summed E-state index contributed by atoms with van der Waals surface area (Å²) in [6, 6.07) is 4.99. The van der Waals surface area contributed by atoms with Gasteiger partial charge in [0, 0.05) is 45.8 Å². The van der Waals surface area contributed by atoms with Crippen molar-refractivity contribution in [2.75, 3.05) is 59.4 Å². The maximum Gasteiger partial charge on any atom is 0.191 e. The second-order valence-corrected chi connectivity index (χ2v) is 7.36. The summed E-state index contributed by atoms with van der Waals surface area (Å²) in [7, 11) is 2.19. The van der Waals surface area contributed by atoms with E-state index in [2.05, 4.69) is 39.4 Å². The fourth-order valence-electron chi connectivity index (χ4n) is 3.31. The van der Waals surface area contributed by atoms with E-state index in [4.69, 9.17) is 0 Å². The molecule has 2 N–H and O–H groups in total. The Morgan fingerprint density at radius 2 is 1.89 bits per heavy atom. The number of guanidine groups is 1. The lowest BCUT2D eigenvalue weighted by Gasteiger charge is -2.32. The molecule has 0 amide bonds. The number of nitrogens with zero attached hydrogens (tertiary/aromatic N) is 3. The molecule has 1 aromatic carbocycles. The molecule has 0 atom stereocenters. The van der Waals surface area contributed by atoms with Gasteiger partial charge in [0.2, 0.25) is 0 Å². The van der Waals surface area contributed by atoms with Crippen LogP contribution in [-0.4, -0.2) is 75.2 Å². The van der Waals surface area contributed by atoms with Crippen LogP contribution in [0.4, 0.5) is 4.39 Å². The highest BCUT2D eigenvalue weighted by Gasteiger charge is 2.12. The van der Waals surface area contributed by atoms with Crippen LogP contribution < -0.4 is 10.6 Å². The van der Waals surface area contributed by atoms with Crippen LogP contribution in [0.3, 0.4) is 0 Å². The van der Waals surface area contributed by atoms with E-state index in [1.165, 1.54) is 50.8 Å². The van der Waals surface area contributed by atoms with E-state index < -0.39 is 0 Å². The number of rotatable bonds is 9. The van der Waals surface area contributed by atoms with E-state index in [-0.39, 0.29) is 29.8 Å². The first-order valence-corrected chi connectivity index (χ1v) is 10.3. The van der Waals surface area contributed by atoms with Crippen LogP contribution in [0.5, 0.6) is 0 Å². The van der Waals surface area contributed by atoms with E-state index in [9.17, 15) is 4.39 Å². The minimum Gasteiger partial charge on any atom is -0.357 e. The molecule has 7 heteroatoms. The number of aryl methyl sites for hydroxylation is 1. The van der Waals surface area contributed by atoms with Crippen molar-refractivity contribution in [3.8, 4) is 0 Å². The second kappa shape index (κ2) is 14.1. The largest absolute Gasteiger partial charge is 0.357 e. The Morgan fingerprint density at radius 1 is 1.14 bits per heavy atom. The van der Waals surface area contributed by atoms with Crippen LogP contribution in [0.25, 0.3) is 0 Å². The van der Waals surface area contributed by atoms with Crippen molar-refractivity contribution in [1.82, 2.24) is 20.4 Å². The Hall–Kier alpha value is -0.930. The molecular formula is C21H37FIN5. The molecule has 1 fully saturated rings. The van der Waals surface area contributed by atoms with Gasteiger partial charge in [-0.25, -0.2) is 4.39 Å². The number of nitrogens with one attached hydrogen (secondary N) is 2. The summed E-state index contributed by atoms with van der Waals surface area (Å²) < 4.78 is 13.2. The van der Waals surface area contributed by atoms with Crippen LogP contribution in [0.1, 0.15) is 30.9 Å². The highest BCUT2D eigenvalue weighted by molar-refractivity contribution is 14.0. The molecule has 0 saturated carbocycles. The fraction of sp³-hybridized carbons (Fsp3) is 0.667. The molecule has 1 aliphatic rings. The monoisotopic (exact) mass is 505 g/mol. The Morgan fingerprint density at radius 3 is 2.57 bits per heavy atom. The number of halogens is 2. The van der Waals surface area contributed by atoms with Gasteiger partial charge in [0.05, 0.1) is 0 Å². The van der Waals surface area contributed by atoms with Gasteiger partial charge in [0.1, 0.15) is 5.82 Å². The minimum absolute atomic E-state index is 0. The number of unbranched alkanes of at least 4 members (excludes halogenated alkanes) is 1. The van der Waals surface area contributed by atoms with E-state index in [1.54, 1.807) is 6.07 Å². The van der Waals surface area contributed by atoms with Gasteiger partial charge < -0.3 is 20.4 Å². The van der Waals surface area contributed by atoms with Crippen LogP contribution in [0.2, 0.25) is 0 Å². The van der Waals surface area contributed by atoms with Gasteiger partial charge in [-0.3, -0.25) is 4.99 Å². The zero-order chi connectivity index (χ0) is 19.5. The van der Waals surface area contributed by atoms with E-state index in [0.717, 1.165) is 44.0 Å². The molecular weight excluding hydrogens is 468 g/mol. The molecule has 0 unspecified atom stereocenters. The van der Waals surface area contributed by atoms with E-state index in [1.807, 2.05) is 13.0 Å². The van der Waals surface area contributed by atoms with Crippen LogP contribution in [-0.2, 0) is 6.42 Å². The maximum atomic E-state index is 13.2. The Balaban J connectivity index is 0.00000392. The fourth-order valence-corrected chi connectivity index (χ4v) is 3.31. The molecule has 5 nitrogen and oxygen atoms in total. The lowest BCUT2D eigenvalue weighted by atomic mass is 10.1. The number of piperazine rings is 1. The summed E-state index contributed by atoms with van der Waals surface area (Å²) in [4.78, 5) is 9.63. The molecule has 0 radical (unpaired) electrons. The number of likely N-dealkylation sites (N-methyl/N-ethyl adjacent to an activating group) is 1. The van der Waals surface area contributed by atoms with E-state index in [0.29, 0.717) is 0 Å². The van der Waals surface area contributed by atoms with Crippen LogP contribution in [0, 0.1) is 12.7 Å². The highest BCUT2D eigenvalue weighted by Crippen LogP contribution is 2.10. The van der Waals surface area contributed by atoms with Crippen molar-refractivity contribution >= 4 is 29.9 Å². The van der Waals surface area contributed by atoms with Crippen molar-refractivity contribution in [3.63, 3.8) is 0 Å². The lowest BCUT2D eigenvalue weighted by molar-refractivity contribution is 0.152. The predicted molar refractivity (Wildman–Crippen MR) is 127 cm³/mol. The van der Waals surface area contributed by atoms with Crippen molar-refractivity contribution in [2.24, 2.45) is 4.99 Å². The van der Waals surface area contributed by atoms with Gasteiger partial charge in [-0.05, 0) is 70.0 Å².